The number of hydrogen-bond donors (Lipinski definition) is 0. The van der Waals surface area contributed by atoms with E-state index >= 15 is 0 Å². The molecule has 8 nitrogen and oxygen atoms in total. The molecule has 2 heterocycles. The Morgan fingerprint density at radius 1 is 0.812 bits per heavy atom. The summed E-state index contributed by atoms with van der Waals surface area (Å²) < 4.78 is 17.7. The summed E-state index contributed by atoms with van der Waals surface area (Å²) in [6, 6.07) is 4.12. The Balaban J connectivity index is 2.06. The fourth-order valence-corrected chi connectivity index (χ4v) is 8.17. The molecule has 0 N–H and O–H groups in total. The number of rotatable bonds is 8. The SMILES string of the molecule is CCOOCC(C#N)=C1Sc2c(OC)c3c(c(OC)c2S1)SC(=C(C#N)C(=O)OCC)S3. The molecule has 2 aliphatic heterocycles. The van der Waals surface area contributed by atoms with E-state index in [2.05, 4.69) is 6.07 Å². The first-order chi connectivity index (χ1) is 15.5. The normalized spacial score (nSPS) is 13.7. The quantitative estimate of drug-likeness (QED) is 0.116. The zero-order chi connectivity index (χ0) is 23.3. The van der Waals surface area contributed by atoms with Crippen LogP contribution in [0.3, 0.4) is 0 Å². The van der Waals surface area contributed by atoms with E-state index in [1.165, 1.54) is 47.0 Å². The third kappa shape index (κ3) is 4.71. The maximum absolute atomic E-state index is 12.2. The standard InChI is InChI=1S/C20H18N2O6S4/c1-5-26-18(23)11(8-22)20-31-16-12(24-3)14-15(13(25-4)17(16)32-20)30-19(29-14)10(7-21)9-28-27-6-2/h5-6,9H2,1-4H3. The van der Waals surface area contributed by atoms with Crippen molar-refractivity contribution in [2.24, 2.45) is 0 Å². The number of nitrogens with zero attached hydrogens (tertiary/aromatic N) is 2. The van der Waals surface area contributed by atoms with Crippen molar-refractivity contribution in [2.75, 3.05) is 34.0 Å². The minimum Gasteiger partial charge on any atom is -0.494 e. The van der Waals surface area contributed by atoms with Crippen LogP contribution in [0.4, 0.5) is 0 Å². The van der Waals surface area contributed by atoms with Crippen molar-refractivity contribution in [3.63, 3.8) is 0 Å². The molecule has 1 aromatic rings. The number of hydrogen-bond acceptors (Lipinski definition) is 12. The summed E-state index contributed by atoms with van der Waals surface area (Å²) in [7, 11) is 3.12. The number of methoxy groups -OCH3 is 2. The molecule has 0 radical (unpaired) electrons. The molecule has 0 saturated heterocycles. The molecule has 0 aromatic heterocycles. The number of carbonyl (C=O) groups is 1. The number of esters is 1. The molecular weight excluding hydrogens is 492 g/mol. The van der Waals surface area contributed by atoms with Crippen molar-refractivity contribution in [2.45, 2.75) is 33.4 Å². The van der Waals surface area contributed by atoms with Gasteiger partial charge in [-0.3, -0.25) is 0 Å². The number of carbonyl (C=O) groups excluding carboxylic acids is 1. The number of nitriles is 2. The van der Waals surface area contributed by atoms with Crippen molar-refractivity contribution >= 4 is 53.0 Å². The molecule has 0 spiro atoms. The van der Waals surface area contributed by atoms with Crippen molar-refractivity contribution < 1.29 is 28.8 Å². The van der Waals surface area contributed by atoms with E-state index in [-0.39, 0.29) is 18.8 Å². The second-order valence-electron chi connectivity index (χ2n) is 5.83. The van der Waals surface area contributed by atoms with Crippen molar-refractivity contribution in [1.29, 1.82) is 10.5 Å². The number of thioether (sulfide) groups is 4. The molecule has 0 aliphatic carbocycles. The van der Waals surface area contributed by atoms with Gasteiger partial charge < -0.3 is 14.2 Å². The smallest absolute Gasteiger partial charge is 0.350 e. The topological polar surface area (TPSA) is 111 Å². The third-order valence-corrected chi connectivity index (χ3v) is 9.28. The molecule has 3 rings (SSSR count). The second-order valence-corrected chi connectivity index (χ2v) is 10.4. The summed E-state index contributed by atoms with van der Waals surface area (Å²) >= 11 is 5.31. The van der Waals surface area contributed by atoms with E-state index in [0.29, 0.717) is 27.9 Å². The van der Waals surface area contributed by atoms with E-state index < -0.39 is 5.97 Å². The largest absolute Gasteiger partial charge is 0.494 e. The predicted molar refractivity (Wildman–Crippen MR) is 122 cm³/mol. The number of benzene rings is 1. The second kappa shape index (κ2) is 11.3. The van der Waals surface area contributed by atoms with Crippen LogP contribution in [-0.2, 0) is 19.3 Å². The minimum absolute atomic E-state index is 0.0272. The maximum atomic E-state index is 12.2. The molecule has 0 bridgehead atoms. The molecule has 0 unspecified atom stereocenters. The molecule has 0 saturated carbocycles. The van der Waals surface area contributed by atoms with Gasteiger partial charge in [0.1, 0.15) is 24.2 Å². The molecule has 168 valence electrons. The van der Waals surface area contributed by atoms with Gasteiger partial charge >= 0.3 is 5.97 Å². The van der Waals surface area contributed by atoms with E-state index in [4.69, 9.17) is 24.0 Å². The summed E-state index contributed by atoms with van der Waals surface area (Å²) in [5.41, 5.74) is 0.381. The Labute approximate surface area is 202 Å². The van der Waals surface area contributed by atoms with E-state index in [1.54, 1.807) is 28.1 Å². The van der Waals surface area contributed by atoms with Crippen molar-refractivity contribution in [3.8, 4) is 23.6 Å². The zero-order valence-corrected chi connectivity index (χ0v) is 20.9. The van der Waals surface area contributed by atoms with Crippen LogP contribution < -0.4 is 9.47 Å². The summed E-state index contributed by atoms with van der Waals surface area (Å²) in [6.07, 6.45) is 0. The van der Waals surface area contributed by atoms with Crippen LogP contribution >= 0.6 is 47.0 Å². The van der Waals surface area contributed by atoms with Crippen LogP contribution in [0.5, 0.6) is 11.5 Å². The van der Waals surface area contributed by atoms with Gasteiger partial charge in [-0.2, -0.15) is 10.5 Å². The molecule has 12 heteroatoms. The molecule has 0 fully saturated rings. The molecule has 0 amide bonds. The van der Waals surface area contributed by atoms with Crippen LogP contribution in [0.25, 0.3) is 0 Å². The monoisotopic (exact) mass is 510 g/mol. The van der Waals surface area contributed by atoms with E-state index in [9.17, 15) is 15.3 Å². The molecular formula is C20H18N2O6S4. The highest BCUT2D eigenvalue weighted by molar-refractivity contribution is 8.26. The first-order valence-corrected chi connectivity index (χ1v) is 12.5. The van der Waals surface area contributed by atoms with Crippen LogP contribution in [0.15, 0.2) is 39.2 Å². The van der Waals surface area contributed by atoms with Crippen LogP contribution in [0.2, 0.25) is 0 Å². The Morgan fingerprint density at radius 3 is 1.75 bits per heavy atom. The fourth-order valence-electron chi connectivity index (χ4n) is 2.70. The van der Waals surface area contributed by atoms with Gasteiger partial charge in [-0.15, -0.1) is 0 Å². The average Bonchev–Trinajstić information content (AvgIpc) is 3.40. The lowest BCUT2D eigenvalue weighted by Gasteiger charge is -2.14. The Hall–Kier alpha value is -1.93. The lowest BCUT2D eigenvalue weighted by atomic mass is 10.3. The van der Waals surface area contributed by atoms with Gasteiger partial charge in [0.2, 0.25) is 0 Å². The summed E-state index contributed by atoms with van der Waals surface area (Å²) in [4.78, 5) is 25.3. The summed E-state index contributed by atoms with van der Waals surface area (Å²) in [5, 5.41) is 19.1. The number of ether oxygens (including phenoxy) is 3. The first kappa shape index (κ1) is 24.7. The van der Waals surface area contributed by atoms with Gasteiger partial charge in [0.05, 0.1) is 67.1 Å². The summed E-state index contributed by atoms with van der Waals surface area (Å²) in [5.74, 6) is 0.533. The highest BCUT2D eigenvalue weighted by atomic mass is 32.2. The van der Waals surface area contributed by atoms with Crippen molar-refractivity contribution in [1.82, 2.24) is 0 Å². The first-order valence-electron chi connectivity index (χ1n) is 9.26. The van der Waals surface area contributed by atoms with Gasteiger partial charge in [0.15, 0.2) is 5.57 Å². The van der Waals surface area contributed by atoms with Crippen molar-refractivity contribution in [3.05, 3.63) is 19.6 Å². The molecule has 2 aliphatic rings. The van der Waals surface area contributed by atoms with Gasteiger partial charge in [0.25, 0.3) is 0 Å². The number of fused-ring (bicyclic) bond motifs is 2. The fraction of sp³-hybridized carbons (Fsp3) is 0.350. The predicted octanol–water partition coefficient (Wildman–Crippen LogP) is 5.10. The Bertz CT molecular complexity index is 1040. The Morgan fingerprint density at radius 2 is 1.34 bits per heavy atom. The summed E-state index contributed by atoms with van der Waals surface area (Å²) in [6.45, 7) is 4.07. The maximum Gasteiger partial charge on any atom is 0.350 e. The van der Waals surface area contributed by atoms with Crippen LogP contribution in [-0.4, -0.2) is 40.0 Å². The van der Waals surface area contributed by atoms with Gasteiger partial charge in [0, 0.05) is 0 Å². The zero-order valence-electron chi connectivity index (χ0n) is 17.6. The molecule has 1 aromatic carbocycles. The lowest BCUT2D eigenvalue weighted by molar-refractivity contribution is -0.283. The minimum atomic E-state index is -0.662. The van der Waals surface area contributed by atoms with E-state index in [1.807, 2.05) is 6.07 Å². The lowest BCUT2D eigenvalue weighted by Crippen LogP contribution is -2.07. The van der Waals surface area contributed by atoms with Gasteiger partial charge in [-0.25, -0.2) is 14.6 Å². The van der Waals surface area contributed by atoms with E-state index in [0.717, 1.165) is 23.8 Å². The molecule has 32 heavy (non-hydrogen) atoms. The van der Waals surface area contributed by atoms with Gasteiger partial charge in [-0.1, -0.05) is 47.0 Å². The van der Waals surface area contributed by atoms with Crippen LogP contribution in [0, 0.1) is 22.7 Å². The highest BCUT2D eigenvalue weighted by Gasteiger charge is 2.38. The highest BCUT2D eigenvalue weighted by Crippen LogP contribution is 2.68. The van der Waals surface area contributed by atoms with Crippen LogP contribution in [0.1, 0.15) is 13.8 Å². The third-order valence-electron chi connectivity index (χ3n) is 4.01. The average molecular weight is 511 g/mol. The van der Waals surface area contributed by atoms with Gasteiger partial charge in [-0.05, 0) is 13.8 Å². The Kier molecular flexibility index (Phi) is 8.71. The molecule has 0 atom stereocenters.